The highest BCUT2D eigenvalue weighted by atomic mass is 35.5. The van der Waals surface area contributed by atoms with Crippen LogP contribution in [-0.4, -0.2) is 53.7 Å². The van der Waals surface area contributed by atoms with Gasteiger partial charge in [0.1, 0.15) is 6.04 Å². The Kier molecular flexibility index (Phi) is 6.71. The van der Waals surface area contributed by atoms with Crippen LogP contribution in [0.1, 0.15) is 18.0 Å². The van der Waals surface area contributed by atoms with E-state index in [-0.39, 0.29) is 5.25 Å². The summed E-state index contributed by atoms with van der Waals surface area (Å²) in [6.07, 6.45) is 3.97. The van der Waals surface area contributed by atoms with E-state index in [1.165, 1.54) is 13.2 Å². The molecule has 5 nitrogen and oxygen atoms in total. The zero-order chi connectivity index (χ0) is 17.7. The van der Waals surface area contributed by atoms with E-state index in [1.807, 2.05) is 17.2 Å². The quantitative estimate of drug-likeness (QED) is 0.635. The van der Waals surface area contributed by atoms with Crippen LogP contribution < -0.4 is 0 Å². The van der Waals surface area contributed by atoms with Crippen LogP contribution in [0.15, 0.2) is 35.9 Å². The van der Waals surface area contributed by atoms with Gasteiger partial charge in [0, 0.05) is 29.4 Å². The number of methoxy groups -OCH3 is 1. The number of hydrogen-bond donors (Lipinski definition) is 1. The maximum Gasteiger partial charge on any atom is 0.328 e. The van der Waals surface area contributed by atoms with E-state index >= 15 is 0 Å². The molecular formula is C17H20ClNO4S. The Labute approximate surface area is 150 Å². The van der Waals surface area contributed by atoms with E-state index in [9.17, 15) is 9.59 Å². The molecule has 7 heteroatoms. The average Bonchev–Trinajstić information content (AvgIpc) is 2.56. The Morgan fingerprint density at radius 1 is 1.46 bits per heavy atom. The lowest BCUT2D eigenvalue weighted by molar-refractivity contribution is -0.147. The summed E-state index contributed by atoms with van der Waals surface area (Å²) >= 11 is 7.89. The first-order valence-electron chi connectivity index (χ1n) is 7.50. The van der Waals surface area contributed by atoms with Crippen LogP contribution in [0.4, 0.5) is 0 Å². The van der Waals surface area contributed by atoms with Crippen molar-refractivity contribution in [1.29, 1.82) is 0 Å². The molecule has 24 heavy (non-hydrogen) atoms. The number of ether oxygens (including phenoxy) is 1. The van der Waals surface area contributed by atoms with Crippen LogP contribution >= 0.6 is 23.4 Å². The first-order chi connectivity index (χ1) is 11.5. The normalized spacial score (nSPS) is 21.5. The Hall–Kier alpha value is -1.50. The number of aliphatic carboxylic acids is 1. The van der Waals surface area contributed by atoms with Gasteiger partial charge in [0.2, 0.25) is 0 Å². The standard InChI is InChI=1S/C17H20ClNO4S/c1-23-17(22)16(12-5-3-4-6-13(12)18)19-8-7-14(24-2)11(10-19)9-15(20)21/h3-6,9,14,16H,7-8,10H2,1-2H3,(H,20,21)/b11-9-/t14-,16+/m1/s1. The van der Waals surface area contributed by atoms with E-state index in [4.69, 9.17) is 21.4 Å². The van der Waals surface area contributed by atoms with Gasteiger partial charge in [-0.15, -0.1) is 0 Å². The molecule has 1 saturated heterocycles. The highest BCUT2D eigenvalue weighted by Crippen LogP contribution is 2.34. The molecule has 2 rings (SSSR count). The van der Waals surface area contributed by atoms with Crippen molar-refractivity contribution in [2.24, 2.45) is 0 Å². The van der Waals surface area contributed by atoms with Crippen molar-refractivity contribution in [3.05, 3.63) is 46.5 Å². The van der Waals surface area contributed by atoms with Crippen LogP contribution in [0.3, 0.4) is 0 Å². The molecule has 1 N–H and O–H groups in total. The predicted octanol–water partition coefficient (Wildman–Crippen LogP) is 3.00. The van der Waals surface area contributed by atoms with E-state index in [0.29, 0.717) is 23.7 Å². The number of rotatable bonds is 5. The number of likely N-dealkylation sites (tertiary alicyclic amines) is 1. The molecule has 0 saturated carbocycles. The van der Waals surface area contributed by atoms with Crippen molar-refractivity contribution in [2.75, 3.05) is 26.5 Å². The highest BCUT2D eigenvalue weighted by molar-refractivity contribution is 7.99. The number of esters is 1. The number of benzene rings is 1. The molecule has 0 radical (unpaired) electrons. The lowest BCUT2D eigenvalue weighted by Gasteiger charge is -2.37. The summed E-state index contributed by atoms with van der Waals surface area (Å²) < 4.78 is 4.96. The molecule has 0 spiro atoms. The van der Waals surface area contributed by atoms with Crippen LogP contribution in [0.2, 0.25) is 5.02 Å². The number of halogens is 1. The third-order valence-corrected chi connectivity index (χ3v) is 5.51. The highest BCUT2D eigenvalue weighted by Gasteiger charge is 2.35. The first kappa shape index (κ1) is 18.8. The Balaban J connectivity index is 2.36. The third-order valence-electron chi connectivity index (χ3n) is 4.06. The van der Waals surface area contributed by atoms with Gasteiger partial charge in [0.25, 0.3) is 0 Å². The van der Waals surface area contributed by atoms with Gasteiger partial charge in [-0.2, -0.15) is 11.8 Å². The van der Waals surface area contributed by atoms with Crippen molar-refractivity contribution in [1.82, 2.24) is 4.90 Å². The fourth-order valence-corrected chi connectivity index (χ4v) is 3.98. The molecule has 0 aliphatic carbocycles. The van der Waals surface area contributed by atoms with Crippen molar-refractivity contribution in [3.8, 4) is 0 Å². The number of carboxylic acids is 1. The number of thioether (sulfide) groups is 1. The minimum absolute atomic E-state index is 0.141. The smallest absolute Gasteiger partial charge is 0.328 e. The van der Waals surface area contributed by atoms with E-state index < -0.39 is 18.0 Å². The summed E-state index contributed by atoms with van der Waals surface area (Å²) in [6.45, 7) is 1.05. The first-order valence-corrected chi connectivity index (χ1v) is 9.17. The number of nitrogens with zero attached hydrogens (tertiary/aromatic N) is 1. The molecule has 1 heterocycles. The summed E-state index contributed by atoms with van der Waals surface area (Å²) in [7, 11) is 1.34. The second kappa shape index (κ2) is 8.55. The molecule has 1 aromatic rings. The molecule has 0 unspecified atom stereocenters. The van der Waals surface area contributed by atoms with E-state index in [0.717, 1.165) is 12.0 Å². The summed E-state index contributed by atoms with van der Waals surface area (Å²) in [4.78, 5) is 25.4. The topological polar surface area (TPSA) is 66.8 Å². The van der Waals surface area contributed by atoms with Gasteiger partial charge in [-0.05, 0) is 29.9 Å². The Morgan fingerprint density at radius 2 is 2.17 bits per heavy atom. The maximum absolute atomic E-state index is 12.4. The third kappa shape index (κ3) is 4.32. The van der Waals surface area contributed by atoms with Crippen molar-refractivity contribution >= 4 is 35.3 Å². The molecule has 0 amide bonds. The fourth-order valence-electron chi connectivity index (χ4n) is 2.95. The van der Waals surface area contributed by atoms with Crippen molar-refractivity contribution < 1.29 is 19.4 Å². The zero-order valence-electron chi connectivity index (χ0n) is 13.6. The number of hydrogen-bond acceptors (Lipinski definition) is 5. The van der Waals surface area contributed by atoms with Gasteiger partial charge in [-0.3, -0.25) is 4.90 Å². The Bertz CT molecular complexity index is 649. The number of piperidine rings is 1. The Morgan fingerprint density at radius 3 is 2.75 bits per heavy atom. The second-order valence-corrected chi connectivity index (χ2v) is 6.94. The summed E-state index contributed by atoms with van der Waals surface area (Å²) in [5, 5.41) is 9.73. The predicted molar refractivity (Wildman–Crippen MR) is 95.4 cm³/mol. The minimum Gasteiger partial charge on any atom is -0.478 e. The van der Waals surface area contributed by atoms with E-state index in [2.05, 4.69) is 0 Å². The van der Waals surface area contributed by atoms with Crippen LogP contribution in [-0.2, 0) is 14.3 Å². The lowest BCUT2D eigenvalue weighted by atomic mass is 9.98. The van der Waals surface area contributed by atoms with Crippen LogP contribution in [0, 0.1) is 0 Å². The van der Waals surface area contributed by atoms with Gasteiger partial charge in [0.15, 0.2) is 0 Å². The minimum atomic E-state index is -0.974. The van der Waals surface area contributed by atoms with Crippen molar-refractivity contribution in [2.45, 2.75) is 17.7 Å². The van der Waals surface area contributed by atoms with Gasteiger partial charge >= 0.3 is 11.9 Å². The summed E-state index contributed by atoms with van der Waals surface area (Å²) in [5.41, 5.74) is 1.46. The monoisotopic (exact) mass is 369 g/mol. The molecule has 1 fully saturated rings. The molecular weight excluding hydrogens is 350 g/mol. The summed E-state index contributed by atoms with van der Waals surface area (Å²) in [6, 6.07) is 6.50. The molecule has 0 bridgehead atoms. The SMILES string of the molecule is COC(=O)[C@H](c1ccccc1Cl)N1CC[C@@H](SC)/C(=C\C(=O)O)C1. The number of carbonyl (C=O) groups is 2. The molecule has 130 valence electrons. The van der Waals surface area contributed by atoms with E-state index in [1.54, 1.807) is 30.0 Å². The maximum atomic E-state index is 12.4. The van der Waals surface area contributed by atoms with Crippen LogP contribution in [0.5, 0.6) is 0 Å². The molecule has 1 aliphatic rings. The van der Waals surface area contributed by atoms with Gasteiger partial charge in [-0.25, -0.2) is 9.59 Å². The number of carbonyl (C=O) groups excluding carboxylic acids is 1. The fraction of sp³-hybridized carbons (Fsp3) is 0.412. The molecule has 0 aromatic heterocycles. The van der Waals surface area contributed by atoms with Gasteiger partial charge < -0.3 is 9.84 Å². The molecule has 2 atom stereocenters. The van der Waals surface area contributed by atoms with Crippen LogP contribution in [0.25, 0.3) is 0 Å². The van der Waals surface area contributed by atoms with Gasteiger partial charge in [-0.1, -0.05) is 29.8 Å². The van der Waals surface area contributed by atoms with Crippen molar-refractivity contribution in [3.63, 3.8) is 0 Å². The second-order valence-electron chi connectivity index (χ2n) is 5.49. The largest absolute Gasteiger partial charge is 0.478 e. The number of carboxylic acid groups (broad SMARTS) is 1. The van der Waals surface area contributed by atoms with Gasteiger partial charge in [0.05, 0.1) is 7.11 Å². The molecule has 1 aromatic carbocycles. The summed E-state index contributed by atoms with van der Waals surface area (Å²) in [5.74, 6) is -1.38. The molecule has 1 aliphatic heterocycles. The zero-order valence-corrected chi connectivity index (χ0v) is 15.1. The average molecular weight is 370 g/mol. The lowest BCUT2D eigenvalue weighted by Crippen LogP contribution is -2.43.